The summed E-state index contributed by atoms with van der Waals surface area (Å²) in [5, 5.41) is 2.93. The Morgan fingerprint density at radius 3 is 2.39 bits per heavy atom. The van der Waals surface area contributed by atoms with Crippen molar-refractivity contribution in [2.24, 2.45) is 11.8 Å². The minimum Gasteiger partial charge on any atom is -0.372 e. The molecule has 3 rings (SSSR count). The smallest absolute Gasteiger partial charge is 0.241 e. The van der Waals surface area contributed by atoms with Crippen molar-refractivity contribution in [3.05, 3.63) is 24.3 Å². The van der Waals surface area contributed by atoms with Gasteiger partial charge >= 0.3 is 0 Å². The molecule has 3 atom stereocenters. The highest BCUT2D eigenvalue weighted by molar-refractivity contribution is 7.93. The summed E-state index contributed by atoms with van der Waals surface area (Å²) in [7, 11) is -3.73. The van der Waals surface area contributed by atoms with Crippen molar-refractivity contribution in [2.45, 2.75) is 58.4 Å². The fourth-order valence-corrected chi connectivity index (χ4v) is 5.31. The molecular weight excluding hydrogens is 374 g/mol. The molecule has 2 aliphatic rings. The van der Waals surface area contributed by atoms with Crippen molar-refractivity contribution in [2.75, 3.05) is 28.5 Å². The zero-order valence-corrected chi connectivity index (χ0v) is 17.8. The van der Waals surface area contributed by atoms with Gasteiger partial charge in [-0.1, -0.05) is 26.7 Å². The SMILES string of the molecule is CC1CCCC(NC(=O)CS(=O)(=O)Nc2ccc(N3CCCCC3)cc2)C1C. The van der Waals surface area contributed by atoms with Gasteiger partial charge in [0.2, 0.25) is 15.9 Å². The number of hydrogen-bond donors (Lipinski definition) is 2. The first-order valence-electron chi connectivity index (χ1n) is 10.5. The molecule has 1 amide bonds. The van der Waals surface area contributed by atoms with E-state index in [1.165, 1.54) is 25.7 Å². The van der Waals surface area contributed by atoms with Gasteiger partial charge in [0.15, 0.2) is 0 Å². The lowest BCUT2D eigenvalue weighted by atomic mass is 9.78. The molecule has 1 aliphatic carbocycles. The molecule has 1 heterocycles. The van der Waals surface area contributed by atoms with E-state index in [0.717, 1.165) is 31.6 Å². The van der Waals surface area contributed by atoms with Gasteiger partial charge in [0.25, 0.3) is 0 Å². The van der Waals surface area contributed by atoms with Crippen LogP contribution in [0.1, 0.15) is 52.4 Å². The van der Waals surface area contributed by atoms with Crippen LogP contribution in [-0.4, -0.2) is 39.2 Å². The van der Waals surface area contributed by atoms with E-state index in [1.54, 1.807) is 12.1 Å². The summed E-state index contributed by atoms with van der Waals surface area (Å²) < 4.78 is 27.3. The van der Waals surface area contributed by atoms with Gasteiger partial charge in [-0.05, 0) is 61.8 Å². The highest BCUT2D eigenvalue weighted by Gasteiger charge is 2.29. The molecule has 1 saturated heterocycles. The summed E-state index contributed by atoms with van der Waals surface area (Å²) in [5.74, 6) is -0.0512. The normalized spacial score (nSPS) is 25.9. The van der Waals surface area contributed by atoms with Gasteiger partial charge in [0, 0.05) is 30.5 Å². The molecule has 156 valence electrons. The zero-order valence-electron chi connectivity index (χ0n) is 17.0. The first-order valence-corrected chi connectivity index (χ1v) is 12.1. The van der Waals surface area contributed by atoms with Gasteiger partial charge in [-0.3, -0.25) is 9.52 Å². The number of nitrogens with one attached hydrogen (secondary N) is 2. The minimum absolute atomic E-state index is 0.0651. The van der Waals surface area contributed by atoms with Crippen LogP contribution in [0.3, 0.4) is 0 Å². The molecule has 6 nitrogen and oxygen atoms in total. The van der Waals surface area contributed by atoms with Crippen molar-refractivity contribution in [3.63, 3.8) is 0 Å². The third-order valence-electron chi connectivity index (χ3n) is 6.24. The molecule has 2 fully saturated rings. The Kier molecular flexibility index (Phi) is 6.86. The van der Waals surface area contributed by atoms with Crippen LogP contribution in [0, 0.1) is 11.8 Å². The maximum atomic E-state index is 12.4. The second-order valence-corrected chi connectivity index (χ2v) is 10.1. The number of nitrogens with zero attached hydrogens (tertiary/aromatic N) is 1. The molecule has 28 heavy (non-hydrogen) atoms. The Morgan fingerprint density at radius 1 is 1.04 bits per heavy atom. The number of anilines is 2. The van der Waals surface area contributed by atoms with Crippen molar-refractivity contribution >= 4 is 27.3 Å². The summed E-state index contributed by atoms with van der Waals surface area (Å²) in [4.78, 5) is 14.6. The van der Waals surface area contributed by atoms with Crippen LogP contribution in [0.5, 0.6) is 0 Å². The Hall–Kier alpha value is -1.76. The maximum Gasteiger partial charge on any atom is 0.241 e. The van der Waals surface area contributed by atoms with Gasteiger partial charge in [0.1, 0.15) is 5.75 Å². The Morgan fingerprint density at radius 2 is 1.71 bits per heavy atom. The molecule has 1 aromatic rings. The second kappa shape index (κ2) is 9.16. The van der Waals surface area contributed by atoms with Crippen LogP contribution in [0.2, 0.25) is 0 Å². The van der Waals surface area contributed by atoms with Gasteiger partial charge in [-0.2, -0.15) is 0 Å². The van der Waals surface area contributed by atoms with Crippen molar-refractivity contribution in [1.29, 1.82) is 0 Å². The topological polar surface area (TPSA) is 78.5 Å². The molecule has 0 spiro atoms. The predicted molar refractivity (Wildman–Crippen MR) is 114 cm³/mol. The molecule has 0 bridgehead atoms. The highest BCUT2D eigenvalue weighted by atomic mass is 32.2. The van der Waals surface area contributed by atoms with E-state index in [1.807, 2.05) is 12.1 Å². The molecular formula is C21H33N3O3S. The van der Waals surface area contributed by atoms with E-state index in [-0.39, 0.29) is 6.04 Å². The maximum absolute atomic E-state index is 12.4. The first-order chi connectivity index (χ1) is 13.3. The quantitative estimate of drug-likeness (QED) is 0.758. The van der Waals surface area contributed by atoms with Crippen LogP contribution in [0.25, 0.3) is 0 Å². The number of piperidine rings is 1. The standard InChI is InChI=1S/C21H33N3O3S/c1-16-7-6-8-20(17(16)2)22-21(25)15-28(26,27)23-18-9-11-19(12-10-18)24-13-4-3-5-14-24/h9-12,16-17,20,23H,3-8,13-15H2,1-2H3,(H,22,25). The van der Waals surface area contributed by atoms with E-state index in [4.69, 9.17) is 0 Å². The summed E-state index contributed by atoms with van der Waals surface area (Å²) in [6.07, 6.45) is 6.83. The molecule has 0 aromatic heterocycles. The summed E-state index contributed by atoms with van der Waals surface area (Å²) in [6, 6.07) is 7.48. The van der Waals surface area contributed by atoms with Crippen LogP contribution < -0.4 is 14.9 Å². The van der Waals surface area contributed by atoms with Crippen molar-refractivity contribution in [3.8, 4) is 0 Å². The van der Waals surface area contributed by atoms with Gasteiger partial charge in [-0.25, -0.2) is 8.42 Å². The number of carbonyl (C=O) groups excluding carboxylic acids is 1. The Bertz CT molecular complexity index is 758. The third kappa shape index (κ3) is 5.63. The van der Waals surface area contributed by atoms with Crippen molar-refractivity contribution in [1.82, 2.24) is 5.32 Å². The number of benzene rings is 1. The van der Waals surface area contributed by atoms with Gasteiger partial charge in [-0.15, -0.1) is 0 Å². The molecule has 0 radical (unpaired) electrons. The van der Waals surface area contributed by atoms with Crippen LogP contribution >= 0.6 is 0 Å². The lowest BCUT2D eigenvalue weighted by molar-refractivity contribution is -0.120. The molecule has 7 heteroatoms. The van der Waals surface area contributed by atoms with Gasteiger partial charge in [0.05, 0.1) is 0 Å². The third-order valence-corrected chi connectivity index (χ3v) is 7.43. The average molecular weight is 408 g/mol. The first kappa shape index (κ1) is 21.0. The summed E-state index contributed by atoms with van der Waals surface area (Å²) in [6.45, 7) is 6.41. The number of sulfonamides is 1. The monoisotopic (exact) mass is 407 g/mol. The Balaban J connectivity index is 1.53. The fourth-order valence-electron chi connectivity index (χ4n) is 4.31. The Labute approximate surface area is 169 Å². The lowest BCUT2D eigenvalue weighted by Gasteiger charge is -2.34. The highest BCUT2D eigenvalue weighted by Crippen LogP contribution is 2.29. The van der Waals surface area contributed by atoms with E-state index >= 15 is 0 Å². The van der Waals surface area contributed by atoms with Crippen LogP contribution in [0.4, 0.5) is 11.4 Å². The minimum atomic E-state index is -3.73. The van der Waals surface area contributed by atoms with Crippen LogP contribution in [-0.2, 0) is 14.8 Å². The van der Waals surface area contributed by atoms with Crippen molar-refractivity contribution < 1.29 is 13.2 Å². The average Bonchev–Trinajstić information content (AvgIpc) is 2.66. The van der Waals surface area contributed by atoms with E-state index in [2.05, 4.69) is 28.8 Å². The van der Waals surface area contributed by atoms with Gasteiger partial charge < -0.3 is 10.2 Å². The molecule has 1 aromatic carbocycles. The number of amides is 1. The zero-order chi connectivity index (χ0) is 20.1. The van der Waals surface area contributed by atoms with E-state index in [9.17, 15) is 13.2 Å². The summed E-state index contributed by atoms with van der Waals surface area (Å²) >= 11 is 0. The van der Waals surface area contributed by atoms with E-state index < -0.39 is 21.7 Å². The van der Waals surface area contributed by atoms with Crippen LogP contribution in [0.15, 0.2) is 24.3 Å². The number of rotatable bonds is 6. The number of hydrogen-bond acceptors (Lipinski definition) is 4. The molecule has 3 unspecified atom stereocenters. The molecule has 1 aliphatic heterocycles. The second-order valence-electron chi connectivity index (χ2n) is 8.40. The summed E-state index contributed by atoms with van der Waals surface area (Å²) in [5.41, 5.74) is 1.61. The number of carbonyl (C=O) groups is 1. The van der Waals surface area contributed by atoms with E-state index in [0.29, 0.717) is 17.5 Å². The molecule has 2 N–H and O–H groups in total. The predicted octanol–water partition coefficient (Wildman–Crippen LogP) is 3.36. The fraction of sp³-hybridized carbons (Fsp3) is 0.667. The largest absolute Gasteiger partial charge is 0.372 e. The lowest BCUT2D eigenvalue weighted by Crippen LogP contribution is -2.46. The molecule has 1 saturated carbocycles.